The zero-order valence-electron chi connectivity index (χ0n) is 19.4. The van der Waals surface area contributed by atoms with Crippen molar-refractivity contribution >= 4 is 63.5 Å². The smallest absolute Gasteiger partial charge is 0.267 e. The number of amides is 1. The summed E-state index contributed by atoms with van der Waals surface area (Å²) in [6.07, 6.45) is 3.38. The van der Waals surface area contributed by atoms with E-state index in [1.807, 2.05) is 49.0 Å². The van der Waals surface area contributed by atoms with Gasteiger partial charge in [-0.25, -0.2) is 4.98 Å². The Labute approximate surface area is 221 Å². The van der Waals surface area contributed by atoms with Crippen LogP contribution in [0.3, 0.4) is 0 Å². The molecule has 2 saturated heterocycles. The summed E-state index contributed by atoms with van der Waals surface area (Å²) in [5, 5.41) is 0. The molecule has 0 saturated carbocycles. The molecule has 3 aromatic rings. The third kappa shape index (κ3) is 4.14. The number of carbonyl (C=O) groups is 1. The van der Waals surface area contributed by atoms with Crippen molar-refractivity contribution in [3.63, 3.8) is 0 Å². The topological polar surface area (TPSA) is 76.4 Å². The van der Waals surface area contributed by atoms with E-state index in [2.05, 4.69) is 4.90 Å². The standard InChI is InChI=1S/C25H22N4O4S3/c1-15-3-2-6-28-21(15)26-22(27-7-9-35-10-8-27)17(23(28)30)12-20-24(31)29(25(34)36-20)13-16-4-5-18-19(11-16)33-14-32-18/h2-6,11-12H,7-10,13-14H2,1H3. The molecular weight excluding hydrogens is 517 g/mol. The van der Waals surface area contributed by atoms with Gasteiger partial charge in [0, 0.05) is 30.8 Å². The zero-order valence-corrected chi connectivity index (χ0v) is 21.9. The predicted molar refractivity (Wildman–Crippen MR) is 147 cm³/mol. The Morgan fingerprint density at radius 3 is 2.78 bits per heavy atom. The van der Waals surface area contributed by atoms with Gasteiger partial charge in [0.2, 0.25) is 6.79 Å². The van der Waals surface area contributed by atoms with Crippen LogP contribution in [0.2, 0.25) is 0 Å². The Kier molecular flexibility index (Phi) is 6.14. The largest absolute Gasteiger partial charge is 0.454 e. The summed E-state index contributed by atoms with van der Waals surface area (Å²) in [4.78, 5) is 36.1. The number of anilines is 1. The fourth-order valence-corrected chi connectivity index (χ4v) is 6.57. The first-order chi connectivity index (χ1) is 17.5. The van der Waals surface area contributed by atoms with Crippen molar-refractivity contribution in [2.45, 2.75) is 13.5 Å². The van der Waals surface area contributed by atoms with Gasteiger partial charge < -0.3 is 14.4 Å². The molecule has 2 fully saturated rings. The molecule has 0 aliphatic carbocycles. The number of ether oxygens (including phenoxy) is 2. The summed E-state index contributed by atoms with van der Waals surface area (Å²) < 4.78 is 12.8. The van der Waals surface area contributed by atoms with Crippen molar-refractivity contribution in [1.82, 2.24) is 14.3 Å². The SMILES string of the molecule is Cc1cccn2c(=O)c(C=C3SC(=S)N(Cc4ccc5c(c4)OCO5)C3=O)c(N3CCSCC3)nc12. The molecule has 0 spiro atoms. The second-order valence-corrected chi connectivity index (χ2v) is 11.5. The molecule has 6 rings (SSSR count). The van der Waals surface area contributed by atoms with Crippen LogP contribution in [0.15, 0.2) is 46.2 Å². The molecule has 8 nitrogen and oxygen atoms in total. The van der Waals surface area contributed by atoms with Crippen LogP contribution in [-0.4, -0.2) is 55.9 Å². The molecule has 3 aliphatic heterocycles. The van der Waals surface area contributed by atoms with E-state index in [0.29, 0.717) is 44.3 Å². The van der Waals surface area contributed by atoms with E-state index in [4.69, 9.17) is 26.7 Å². The maximum Gasteiger partial charge on any atom is 0.267 e. The number of aryl methyl sites for hydroxylation is 1. The number of nitrogens with zero attached hydrogens (tertiary/aromatic N) is 4. The van der Waals surface area contributed by atoms with Crippen molar-refractivity contribution in [2.24, 2.45) is 0 Å². The molecule has 184 valence electrons. The Bertz CT molecular complexity index is 1500. The van der Waals surface area contributed by atoms with E-state index in [-0.39, 0.29) is 18.3 Å². The molecule has 5 heterocycles. The lowest BCUT2D eigenvalue weighted by Gasteiger charge is -2.29. The minimum atomic E-state index is -0.225. The summed E-state index contributed by atoms with van der Waals surface area (Å²) in [5.41, 5.74) is 2.64. The lowest BCUT2D eigenvalue weighted by molar-refractivity contribution is -0.122. The predicted octanol–water partition coefficient (Wildman–Crippen LogP) is 3.69. The summed E-state index contributed by atoms with van der Waals surface area (Å²) >= 11 is 8.65. The summed E-state index contributed by atoms with van der Waals surface area (Å²) in [5.74, 6) is 3.67. The molecule has 0 atom stereocenters. The maximum absolute atomic E-state index is 13.7. The van der Waals surface area contributed by atoms with Gasteiger partial charge in [0.25, 0.3) is 11.5 Å². The molecule has 0 unspecified atom stereocenters. The van der Waals surface area contributed by atoms with Gasteiger partial charge in [-0.15, -0.1) is 0 Å². The molecule has 1 aromatic carbocycles. The normalized spacial score (nSPS) is 18.6. The molecular formula is C25H22N4O4S3. The Balaban J connectivity index is 1.38. The maximum atomic E-state index is 13.7. The Hall–Kier alpha value is -3.02. The number of benzene rings is 1. The minimum Gasteiger partial charge on any atom is -0.454 e. The molecule has 11 heteroatoms. The van der Waals surface area contributed by atoms with Gasteiger partial charge in [0.05, 0.1) is 17.0 Å². The monoisotopic (exact) mass is 538 g/mol. The average Bonchev–Trinajstić information content (AvgIpc) is 3.46. The number of pyridine rings is 1. The fourth-order valence-electron chi connectivity index (χ4n) is 4.43. The number of thioether (sulfide) groups is 2. The van der Waals surface area contributed by atoms with Crippen LogP contribution in [0.25, 0.3) is 11.7 Å². The molecule has 36 heavy (non-hydrogen) atoms. The highest BCUT2D eigenvalue weighted by Gasteiger charge is 2.33. The average molecular weight is 539 g/mol. The van der Waals surface area contributed by atoms with Gasteiger partial charge in [0.1, 0.15) is 15.8 Å². The first-order valence-corrected chi connectivity index (χ1v) is 13.9. The summed E-state index contributed by atoms with van der Waals surface area (Å²) in [6.45, 7) is 4.03. The number of rotatable bonds is 4. The van der Waals surface area contributed by atoms with E-state index in [0.717, 1.165) is 35.7 Å². The van der Waals surface area contributed by atoms with Gasteiger partial charge in [-0.05, 0) is 42.3 Å². The van der Waals surface area contributed by atoms with Gasteiger partial charge >= 0.3 is 0 Å². The fraction of sp³-hybridized carbons (Fsp3) is 0.280. The van der Waals surface area contributed by atoms with Crippen molar-refractivity contribution in [2.75, 3.05) is 36.3 Å². The van der Waals surface area contributed by atoms with Crippen LogP contribution in [0.4, 0.5) is 5.82 Å². The van der Waals surface area contributed by atoms with E-state index in [1.54, 1.807) is 21.6 Å². The molecule has 0 bridgehead atoms. The van der Waals surface area contributed by atoms with E-state index < -0.39 is 0 Å². The Morgan fingerprint density at radius 1 is 1.14 bits per heavy atom. The minimum absolute atomic E-state index is 0.190. The van der Waals surface area contributed by atoms with Crippen molar-refractivity contribution in [1.29, 1.82) is 0 Å². The van der Waals surface area contributed by atoms with E-state index in [1.165, 1.54) is 11.8 Å². The van der Waals surface area contributed by atoms with E-state index >= 15 is 0 Å². The van der Waals surface area contributed by atoms with Crippen molar-refractivity contribution in [3.8, 4) is 11.5 Å². The second-order valence-electron chi connectivity index (χ2n) is 8.59. The van der Waals surface area contributed by atoms with Crippen LogP contribution in [0, 0.1) is 6.92 Å². The highest BCUT2D eigenvalue weighted by atomic mass is 32.2. The number of fused-ring (bicyclic) bond motifs is 2. The third-order valence-corrected chi connectivity index (χ3v) is 8.62. The summed E-state index contributed by atoms with van der Waals surface area (Å²) in [7, 11) is 0. The molecule has 2 aromatic heterocycles. The third-order valence-electron chi connectivity index (χ3n) is 6.30. The molecule has 3 aliphatic rings. The number of thiocarbonyl (C=S) groups is 1. The second kappa shape index (κ2) is 9.45. The van der Waals surface area contributed by atoms with Crippen LogP contribution >= 0.6 is 35.7 Å². The first kappa shape index (κ1) is 23.4. The van der Waals surface area contributed by atoms with Crippen molar-refractivity contribution < 1.29 is 14.3 Å². The first-order valence-electron chi connectivity index (χ1n) is 11.5. The van der Waals surface area contributed by atoms with Gasteiger partial charge in [0.15, 0.2) is 11.5 Å². The Morgan fingerprint density at radius 2 is 1.94 bits per heavy atom. The molecule has 1 amide bonds. The zero-order chi connectivity index (χ0) is 24.8. The molecule has 0 N–H and O–H groups in total. The van der Waals surface area contributed by atoms with Gasteiger partial charge in [-0.3, -0.25) is 18.9 Å². The van der Waals surface area contributed by atoms with Crippen molar-refractivity contribution in [3.05, 3.63) is 68.5 Å². The lowest BCUT2D eigenvalue weighted by Crippen LogP contribution is -2.36. The highest BCUT2D eigenvalue weighted by molar-refractivity contribution is 8.26. The van der Waals surface area contributed by atoms with Crippen LogP contribution in [0.5, 0.6) is 11.5 Å². The number of hydrogen-bond donors (Lipinski definition) is 0. The van der Waals surface area contributed by atoms with Gasteiger partial charge in [-0.1, -0.05) is 36.1 Å². The number of aromatic nitrogens is 2. The summed E-state index contributed by atoms with van der Waals surface area (Å²) in [6, 6.07) is 9.36. The lowest BCUT2D eigenvalue weighted by atomic mass is 10.2. The van der Waals surface area contributed by atoms with Crippen LogP contribution < -0.4 is 19.9 Å². The quantitative estimate of drug-likeness (QED) is 0.365. The van der Waals surface area contributed by atoms with Crippen LogP contribution in [0.1, 0.15) is 16.7 Å². The number of carbonyl (C=O) groups excluding carboxylic acids is 1. The van der Waals surface area contributed by atoms with Crippen LogP contribution in [-0.2, 0) is 11.3 Å². The van der Waals surface area contributed by atoms with E-state index in [9.17, 15) is 9.59 Å². The molecule has 0 radical (unpaired) electrons. The number of hydrogen-bond acceptors (Lipinski definition) is 9. The highest BCUT2D eigenvalue weighted by Crippen LogP contribution is 2.37. The van der Waals surface area contributed by atoms with Gasteiger partial charge in [-0.2, -0.15) is 11.8 Å².